The summed E-state index contributed by atoms with van der Waals surface area (Å²) in [5, 5.41) is 6.83. The molecule has 8 nitrogen and oxygen atoms in total. The van der Waals surface area contributed by atoms with Gasteiger partial charge in [-0.15, -0.1) is 0 Å². The van der Waals surface area contributed by atoms with E-state index in [1.807, 2.05) is 26.0 Å². The second-order valence-electron chi connectivity index (χ2n) is 6.61. The number of fused-ring (bicyclic) bond motifs is 2. The minimum atomic E-state index is -0.231. The van der Waals surface area contributed by atoms with Crippen molar-refractivity contribution < 1.29 is 0 Å². The zero-order valence-corrected chi connectivity index (χ0v) is 16.0. The van der Waals surface area contributed by atoms with E-state index in [2.05, 4.69) is 10.2 Å². The van der Waals surface area contributed by atoms with Crippen LogP contribution in [-0.4, -0.2) is 19.6 Å². The highest BCUT2D eigenvalue weighted by Gasteiger charge is 2.07. The van der Waals surface area contributed by atoms with E-state index >= 15 is 0 Å². The number of hydrogen-bond acceptors (Lipinski definition) is 4. The molecule has 2 aromatic heterocycles. The van der Waals surface area contributed by atoms with Crippen molar-refractivity contribution in [1.29, 1.82) is 0 Å². The number of H-pyrrole nitrogens is 2. The summed E-state index contributed by atoms with van der Waals surface area (Å²) in [7, 11) is 3.07. The topological polar surface area (TPSA) is 110 Å². The summed E-state index contributed by atoms with van der Waals surface area (Å²) in [6.07, 6.45) is 0. The molecule has 2 heterocycles. The standard InChI is InChI=1S/2C10H10N2O2/c1-6-4-3-5-7-8(6)9(13)11-12(2)10(7)14;1-6-4-3-5-7-8(6)10(14)12(2)11-9(7)13/h2*3-5H,1-2H3,(H,11,13). The molecule has 0 atom stereocenters. The fourth-order valence-corrected chi connectivity index (χ4v) is 3.16. The lowest BCUT2D eigenvalue weighted by atomic mass is 10.1. The van der Waals surface area contributed by atoms with Crippen LogP contribution in [0.5, 0.6) is 0 Å². The first-order valence-corrected chi connectivity index (χ1v) is 8.59. The minimum Gasteiger partial charge on any atom is -0.267 e. The Balaban J connectivity index is 0.000000161. The zero-order chi connectivity index (χ0) is 20.6. The van der Waals surface area contributed by atoms with E-state index in [1.54, 1.807) is 24.3 Å². The Kier molecular flexibility index (Phi) is 4.87. The second-order valence-corrected chi connectivity index (χ2v) is 6.61. The van der Waals surface area contributed by atoms with E-state index in [4.69, 9.17) is 0 Å². The van der Waals surface area contributed by atoms with Crippen LogP contribution in [0.2, 0.25) is 0 Å². The van der Waals surface area contributed by atoms with Crippen LogP contribution in [-0.2, 0) is 14.1 Å². The molecular weight excluding hydrogens is 360 g/mol. The number of nitrogens with zero attached hydrogens (tertiary/aromatic N) is 2. The summed E-state index contributed by atoms with van der Waals surface area (Å²) in [6.45, 7) is 3.64. The van der Waals surface area contributed by atoms with Crippen LogP contribution in [0.1, 0.15) is 11.1 Å². The van der Waals surface area contributed by atoms with Gasteiger partial charge < -0.3 is 0 Å². The van der Waals surface area contributed by atoms with Gasteiger partial charge in [-0.05, 0) is 37.1 Å². The first kappa shape index (κ1) is 19.1. The Hall–Kier alpha value is -3.68. The zero-order valence-electron chi connectivity index (χ0n) is 16.0. The quantitative estimate of drug-likeness (QED) is 0.475. The molecule has 0 bridgehead atoms. The maximum absolute atomic E-state index is 11.7. The Labute approximate surface area is 158 Å². The normalized spacial score (nSPS) is 10.7. The summed E-state index contributed by atoms with van der Waals surface area (Å²) in [5.41, 5.74) is 0.850. The molecule has 4 aromatic rings. The summed E-state index contributed by atoms with van der Waals surface area (Å²) in [4.78, 5) is 46.4. The van der Waals surface area contributed by atoms with Gasteiger partial charge in [0.2, 0.25) is 0 Å². The van der Waals surface area contributed by atoms with E-state index in [-0.39, 0.29) is 22.2 Å². The van der Waals surface area contributed by atoms with Gasteiger partial charge >= 0.3 is 0 Å². The van der Waals surface area contributed by atoms with Gasteiger partial charge in [0.05, 0.1) is 21.5 Å². The van der Waals surface area contributed by atoms with Crippen molar-refractivity contribution in [2.75, 3.05) is 0 Å². The molecule has 0 spiro atoms. The molecule has 0 fully saturated rings. The number of aromatic nitrogens is 4. The number of aromatic amines is 2. The molecule has 0 unspecified atom stereocenters. The molecule has 2 N–H and O–H groups in total. The van der Waals surface area contributed by atoms with Crippen molar-refractivity contribution >= 4 is 21.5 Å². The molecule has 144 valence electrons. The summed E-state index contributed by atoms with van der Waals surface area (Å²) >= 11 is 0. The van der Waals surface area contributed by atoms with Gasteiger partial charge in [-0.3, -0.25) is 38.7 Å². The molecule has 8 heteroatoms. The SMILES string of the molecule is Cc1cccc2c(=O)[nH]n(C)c(=O)c12.Cc1cccc2c(=O)n(C)[nH]c(=O)c12. The van der Waals surface area contributed by atoms with Crippen LogP contribution in [0.3, 0.4) is 0 Å². The van der Waals surface area contributed by atoms with E-state index < -0.39 is 0 Å². The van der Waals surface area contributed by atoms with Gasteiger partial charge in [0.1, 0.15) is 0 Å². The predicted octanol–water partition coefficient (Wildman–Crippen LogP) is 1.07. The largest absolute Gasteiger partial charge is 0.273 e. The maximum Gasteiger partial charge on any atom is 0.273 e. The van der Waals surface area contributed by atoms with Gasteiger partial charge in [0.15, 0.2) is 0 Å². The lowest BCUT2D eigenvalue weighted by Crippen LogP contribution is -2.27. The van der Waals surface area contributed by atoms with Gasteiger partial charge in [-0.25, -0.2) is 0 Å². The van der Waals surface area contributed by atoms with Crippen molar-refractivity contribution in [2.45, 2.75) is 13.8 Å². The minimum absolute atomic E-state index is 0.169. The Bertz CT molecular complexity index is 1440. The van der Waals surface area contributed by atoms with E-state index in [1.165, 1.54) is 23.5 Å². The van der Waals surface area contributed by atoms with Crippen LogP contribution in [0.25, 0.3) is 21.5 Å². The molecule has 0 saturated carbocycles. The molecule has 28 heavy (non-hydrogen) atoms. The van der Waals surface area contributed by atoms with Crippen molar-refractivity contribution in [1.82, 2.24) is 19.6 Å². The van der Waals surface area contributed by atoms with Crippen LogP contribution >= 0.6 is 0 Å². The fraction of sp³-hybridized carbons (Fsp3) is 0.200. The fourth-order valence-electron chi connectivity index (χ4n) is 3.16. The lowest BCUT2D eigenvalue weighted by Gasteiger charge is -2.02. The number of nitrogens with one attached hydrogen (secondary N) is 2. The third-order valence-corrected chi connectivity index (χ3v) is 4.61. The number of rotatable bonds is 0. The molecule has 0 aliphatic carbocycles. The summed E-state index contributed by atoms with van der Waals surface area (Å²) in [6, 6.07) is 10.5. The number of hydrogen-bond donors (Lipinski definition) is 2. The van der Waals surface area contributed by atoms with Crippen LogP contribution in [0.15, 0.2) is 55.6 Å². The lowest BCUT2D eigenvalue weighted by molar-refractivity contribution is 0.704. The highest BCUT2D eigenvalue weighted by molar-refractivity contribution is 5.84. The van der Waals surface area contributed by atoms with Crippen LogP contribution in [0.4, 0.5) is 0 Å². The molecule has 0 saturated heterocycles. The van der Waals surface area contributed by atoms with Crippen molar-refractivity contribution in [2.24, 2.45) is 14.1 Å². The molecule has 0 aliphatic rings. The first-order chi connectivity index (χ1) is 13.2. The molecule has 4 rings (SSSR count). The van der Waals surface area contributed by atoms with Gasteiger partial charge in [0.25, 0.3) is 22.2 Å². The predicted molar refractivity (Wildman–Crippen MR) is 109 cm³/mol. The number of benzene rings is 2. The number of aryl methyl sites for hydroxylation is 4. The molecule has 0 amide bonds. The first-order valence-electron chi connectivity index (χ1n) is 8.59. The maximum atomic E-state index is 11.7. The summed E-state index contributed by atoms with van der Waals surface area (Å²) < 4.78 is 2.40. The van der Waals surface area contributed by atoms with E-state index in [0.717, 1.165) is 11.1 Å². The van der Waals surface area contributed by atoms with Crippen LogP contribution < -0.4 is 22.2 Å². The Morgan fingerprint density at radius 1 is 0.643 bits per heavy atom. The van der Waals surface area contributed by atoms with Gasteiger partial charge in [0, 0.05) is 14.1 Å². The highest BCUT2D eigenvalue weighted by Crippen LogP contribution is 2.09. The third kappa shape index (κ3) is 3.20. The molecule has 0 radical (unpaired) electrons. The van der Waals surface area contributed by atoms with Gasteiger partial charge in [-0.1, -0.05) is 24.3 Å². The third-order valence-electron chi connectivity index (χ3n) is 4.61. The molecule has 0 aliphatic heterocycles. The average molecular weight is 380 g/mol. The van der Waals surface area contributed by atoms with Gasteiger partial charge in [-0.2, -0.15) is 0 Å². The smallest absolute Gasteiger partial charge is 0.267 e. The Morgan fingerprint density at radius 2 is 1.14 bits per heavy atom. The van der Waals surface area contributed by atoms with Crippen molar-refractivity contribution in [3.63, 3.8) is 0 Å². The highest BCUT2D eigenvalue weighted by atomic mass is 16.2. The molecule has 2 aromatic carbocycles. The van der Waals surface area contributed by atoms with Crippen LogP contribution in [0, 0.1) is 13.8 Å². The summed E-state index contributed by atoms with van der Waals surface area (Å²) in [5.74, 6) is 0. The molecular formula is C20H20N4O4. The van der Waals surface area contributed by atoms with Crippen molar-refractivity contribution in [3.05, 3.63) is 88.9 Å². The van der Waals surface area contributed by atoms with Crippen molar-refractivity contribution in [3.8, 4) is 0 Å². The van der Waals surface area contributed by atoms with E-state index in [0.29, 0.717) is 21.5 Å². The average Bonchev–Trinajstić information content (AvgIpc) is 2.64. The Morgan fingerprint density at radius 3 is 1.79 bits per heavy atom. The van der Waals surface area contributed by atoms with E-state index in [9.17, 15) is 19.2 Å². The monoisotopic (exact) mass is 380 g/mol. The second kappa shape index (κ2) is 7.15.